The SMILES string of the molecule is Cc1c(C#N)c(NC2CCC(C(=O)O)CC2)nc2ccccc12. The second kappa shape index (κ2) is 6.25. The Morgan fingerprint density at radius 2 is 2.00 bits per heavy atom. The van der Waals surface area contributed by atoms with Gasteiger partial charge < -0.3 is 10.4 Å². The topological polar surface area (TPSA) is 86.0 Å². The predicted molar refractivity (Wildman–Crippen MR) is 88.2 cm³/mol. The smallest absolute Gasteiger partial charge is 0.306 e. The molecule has 0 radical (unpaired) electrons. The van der Waals surface area contributed by atoms with Crippen molar-refractivity contribution in [2.75, 3.05) is 5.32 Å². The van der Waals surface area contributed by atoms with Gasteiger partial charge in [-0.1, -0.05) is 18.2 Å². The van der Waals surface area contributed by atoms with Crippen molar-refractivity contribution in [2.45, 2.75) is 38.6 Å². The summed E-state index contributed by atoms with van der Waals surface area (Å²) in [6.45, 7) is 1.94. The number of nitrogens with one attached hydrogen (secondary N) is 1. The Morgan fingerprint density at radius 1 is 1.30 bits per heavy atom. The van der Waals surface area contributed by atoms with E-state index in [1.807, 2.05) is 31.2 Å². The van der Waals surface area contributed by atoms with E-state index in [1.165, 1.54) is 0 Å². The number of carboxylic acid groups (broad SMARTS) is 1. The van der Waals surface area contributed by atoms with Crippen LogP contribution in [-0.4, -0.2) is 22.1 Å². The lowest BCUT2D eigenvalue weighted by Crippen LogP contribution is -2.29. The van der Waals surface area contributed by atoms with Gasteiger partial charge in [-0.2, -0.15) is 5.26 Å². The largest absolute Gasteiger partial charge is 0.481 e. The lowest BCUT2D eigenvalue weighted by molar-refractivity contribution is -0.142. The van der Waals surface area contributed by atoms with Gasteiger partial charge in [0, 0.05) is 11.4 Å². The van der Waals surface area contributed by atoms with Crippen molar-refractivity contribution in [2.24, 2.45) is 5.92 Å². The van der Waals surface area contributed by atoms with E-state index in [1.54, 1.807) is 0 Å². The second-order valence-corrected chi connectivity index (χ2v) is 6.12. The Morgan fingerprint density at radius 3 is 2.65 bits per heavy atom. The Kier molecular flexibility index (Phi) is 4.16. The van der Waals surface area contributed by atoms with Crippen molar-refractivity contribution in [1.29, 1.82) is 5.26 Å². The van der Waals surface area contributed by atoms with Gasteiger partial charge in [-0.15, -0.1) is 0 Å². The molecule has 0 unspecified atom stereocenters. The first-order valence-electron chi connectivity index (χ1n) is 7.89. The third-order valence-corrected chi connectivity index (χ3v) is 4.68. The average Bonchev–Trinajstić information content (AvgIpc) is 2.56. The van der Waals surface area contributed by atoms with Crippen LogP contribution in [0.4, 0.5) is 5.82 Å². The fourth-order valence-corrected chi connectivity index (χ4v) is 3.30. The number of rotatable bonds is 3. The summed E-state index contributed by atoms with van der Waals surface area (Å²) in [5.41, 5.74) is 2.37. The van der Waals surface area contributed by atoms with E-state index in [2.05, 4.69) is 16.4 Å². The summed E-state index contributed by atoms with van der Waals surface area (Å²) in [6, 6.07) is 10.2. The fraction of sp³-hybridized carbons (Fsp3) is 0.389. The number of benzene rings is 1. The molecule has 1 aromatic carbocycles. The van der Waals surface area contributed by atoms with Gasteiger partial charge >= 0.3 is 5.97 Å². The lowest BCUT2D eigenvalue weighted by atomic mass is 9.86. The van der Waals surface area contributed by atoms with E-state index in [0.717, 1.165) is 29.3 Å². The van der Waals surface area contributed by atoms with Crippen LogP contribution in [0.25, 0.3) is 10.9 Å². The van der Waals surface area contributed by atoms with Gasteiger partial charge in [-0.3, -0.25) is 4.79 Å². The number of hydrogen-bond donors (Lipinski definition) is 2. The van der Waals surface area contributed by atoms with E-state index < -0.39 is 5.97 Å². The molecule has 1 aliphatic carbocycles. The molecule has 0 aliphatic heterocycles. The molecular weight excluding hydrogens is 290 g/mol. The number of para-hydroxylation sites is 1. The molecule has 0 atom stereocenters. The zero-order chi connectivity index (χ0) is 16.4. The van der Waals surface area contributed by atoms with Crippen molar-refractivity contribution in [3.63, 3.8) is 0 Å². The van der Waals surface area contributed by atoms with E-state index in [-0.39, 0.29) is 12.0 Å². The first kappa shape index (κ1) is 15.3. The Hall–Kier alpha value is -2.61. The predicted octanol–water partition coefficient (Wildman–Crippen LogP) is 3.47. The van der Waals surface area contributed by atoms with Crippen LogP contribution in [0.15, 0.2) is 24.3 Å². The fourth-order valence-electron chi connectivity index (χ4n) is 3.30. The van der Waals surface area contributed by atoms with Crippen LogP contribution < -0.4 is 5.32 Å². The van der Waals surface area contributed by atoms with Gasteiger partial charge in [-0.05, 0) is 44.2 Å². The highest BCUT2D eigenvalue weighted by molar-refractivity contribution is 5.87. The third-order valence-electron chi connectivity index (χ3n) is 4.68. The van der Waals surface area contributed by atoms with Crippen LogP contribution in [0.1, 0.15) is 36.8 Å². The number of aliphatic carboxylic acids is 1. The minimum Gasteiger partial charge on any atom is -0.481 e. The van der Waals surface area contributed by atoms with Gasteiger partial charge in [0.15, 0.2) is 0 Å². The van der Waals surface area contributed by atoms with Gasteiger partial charge in [-0.25, -0.2) is 4.98 Å². The maximum atomic E-state index is 11.0. The molecule has 0 saturated heterocycles. The highest BCUT2D eigenvalue weighted by Gasteiger charge is 2.26. The molecule has 2 N–H and O–H groups in total. The van der Waals surface area contributed by atoms with Gasteiger partial charge in [0.05, 0.1) is 17.0 Å². The van der Waals surface area contributed by atoms with Crippen LogP contribution in [0.5, 0.6) is 0 Å². The van der Waals surface area contributed by atoms with E-state index in [0.29, 0.717) is 24.2 Å². The minimum absolute atomic E-state index is 0.172. The summed E-state index contributed by atoms with van der Waals surface area (Å²) < 4.78 is 0. The minimum atomic E-state index is -0.708. The zero-order valence-electron chi connectivity index (χ0n) is 13.0. The van der Waals surface area contributed by atoms with Gasteiger partial charge in [0.2, 0.25) is 0 Å². The summed E-state index contributed by atoms with van der Waals surface area (Å²) in [6.07, 6.45) is 2.91. The van der Waals surface area contributed by atoms with Crippen LogP contribution >= 0.6 is 0 Å². The van der Waals surface area contributed by atoms with Crippen LogP contribution in [0.3, 0.4) is 0 Å². The number of carboxylic acids is 1. The Labute approximate surface area is 135 Å². The van der Waals surface area contributed by atoms with Crippen molar-refractivity contribution in [1.82, 2.24) is 4.98 Å². The monoisotopic (exact) mass is 309 g/mol. The normalized spacial score (nSPS) is 20.9. The first-order chi connectivity index (χ1) is 11.1. The number of anilines is 1. The molecule has 1 aliphatic rings. The van der Waals surface area contributed by atoms with Gasteiger partial charge in [0.25, 0.3) is 0 Å². The number of pyridine rings is 1. The first-order valence-corrected chi connectivity index (χ1v) is 7.89. The van der Waals surface area contributed by atoms with E-state index in [4.69, 9.17) is 5.11 Å². The number of aromatic nitrogens is 1. The Bertz CT molecular complexity index is 787. The molecule has 5 heteroatoms. The number of carbonyl (C=O) groups is 1. The number of hydrogen-bond acceptors (Lipinski definition) is 4. The number of aryl methyl sites for hydroxylation is 1. The third kappa shape index (κ3) is 2.98. The van der Waals surface area contributed by atoms with Crippen molar-refractivity contribution in [3.05, 3.63) is 35.4 Å². The molecule has 0 bridgehead atoms. The summed E-state index contributed by atoms with van der Waals surface area (Å²) in [7, 11) is 0. The number of nitriles is 1. The number of nitrogens with zero attached hydrogens (tertiary/aromatic N) is 2. The van der Waals surface area contributed by atoms with Crippen molar-refractivity contribution >= 4 is 22.7 Å². The summed E-state index contributed by atoms with van der Waals surface area (Å²) in [4.78, 5) is 15.6. The molecule has 23 heavy (non-hydrogen) atoms. The summed E-state index contributed by atoms with van der Waals surface area (Å²) in [5.74, 6) is -0.335. The second-order valence-electron chi connectivity index (χ2n) is 6.12. The number of fused-ring (bicyclic) bond motifs is 1. The molecule has 1 aromatic heterocycles. The molecule has 1 saturated carbocycles. The molecule has 1 fully saturated rings. The highest BCUT2D eigenvalue weighted by atomic mass is 16.4. The van der Waals surface area contributed by atoms with Crippen LogP contribution in [0.2, 0.25) is 0 Å². The van der Waals surface area contributed by atoms with Crippen molar-refractivity contribution in [3.8, 4) is 6.07 Å². The van der Waals surface area contributed by atoms with Crippen LogP contribution in [0, 0.1) is 24.2 Å². The summed E-state index contributed by atoms with van der Waals surface area (Å²) in [5, 5.41) is 22.9. The molecule has 1 heterocycles. The molecule has 0 spiro atoms. The molecule has 0 amide bonds. The van der Waals surface area contributed by atoms with Gasteiger partial charge in [0.1, 0.15) is 11.9 Å². The molecule has 3 rings (SSSR count). The zero-order valence-corrected chi connectivity index (χ0v) is 13.0. The lowest BCUT2D eigenvalue weighted by Gasteiger charge is -2.27. The molecule has 2 aromatic rings. The molecule has 118 valence electrons. The molecule has 5 nitrogen and oxygen atoms in total. The van der Waals surface area contributed by atoms with E-state index >= 15 is 0 Å². The summed E-state index contributed by atoms with van der Waals surface area (Å²) >= 11 is 0. The highest BCUT2D eigenvalue weighted by Crippen LogP contribution is 2.30. The Balaban J connectivity index is 1.86. The maximum absolute atomic E-state index is 11.0. The van der Waals surface area contributed by atoms with Crippen LogP contribution in [-0.2, 0) is 4.79 Å². The molecular formula is C18H19N3O2. The van der Waals surface area contributed by atoms with E-state index in [9.17, 15) is 10.1 Å². The quantitative estimate of drug-likeness (QED) is 0.906. The maximum Gasteiger partial charge on any atom is 0.306 e. The average molecular weight is 309 g/mol. The van der Waals surface area contributed by atoms with Crippen molar-refractivity contribution < 1.29 is 9.90 Å². The standard InChI is InChI=1S/C18H19N3O2/c1-11-14-4-2-3-5-16(14)21-17(15(11)10-19)20-13-8-6-12(7-9-13)18(22)23/h2-5,12-13H,6-9H2,1H3,(H,20,21)(H,22,23).